The number of amides is 2. The van der Waals surface area contributed by atoms with Gasteiger partial charge in [0, 0.05) is 76.2 Å². The Balaban J connectivity index is 0.000000313. The molecule has 0 aromatic heterocycles. The summed E-state index contributed by atoms with van der Waals surface area (Å²) in [5, 5.41) is 18.3. The summed E-state index contributed by atoms with van der Waals surface area (Å²) >= 11 is 3.30. The van der Waals surface area contributed by atoms with E-state index in [0.29, 0.717) is 25.7 Å². The van der Waals surface area contributed by atoms with Gasteiger partial charge in [-0.05, 0) is 99.6 Å². The fourth-order valence-electron chi connectivity index (χ4n) is 7.09. The van der Waals surface area contributed by atoms with Gasteiger partial charge in [-0.3, -0.25) is 20.0 Å². The summed E-state index contributed by atoms with van der Waals surface area (Å²) in [6, 6.07) is 15.6. The molecule has 2 fully saturated rings. The Morgan fingerprint density at radius 3 is 1.28 bits per heavy atom. The number of methoxy groups -OCH3 is 2. The van der Waals surface area contributed by atoms with Crippen LogP contribution < -0.4 is 20.4 Å². The number of sulfonamides is 2. The summed E-state index contributed by atoms with van der Waals surface area (Å²) in [4.78, 5) is 27.0. The lowest BCUT2D eigenvalue weighted by molar-refractivity contribution is -0.133. The zero-order valence-corrected chi connectivity index (χ0v) is 37.4. The first-order chi connectivity index (χ1) is 27.7. The molecule has 0 aliphatic carbocycles. The lowest BCUT2D eigenvalue weighted by atomic mass is 10.0. The number of carbonyl (C=O) groups excluding carboxylic acids is 2. The minimum absolute atomic E-state index is 0.0436. The van der Waals surface area contributed by atoms with E-state index in [4.69, 9.17) is 24.2 Å². The second-order valence-corrected chi connectivity index (χ2v) is 20.1. The zero-order valence-electron chi connectivity index (χ0n) is 34.2. The lowest BCUT2D eigenvalue weighted by Crippen LogP contribution is -2.59. The number of hydroxylamine groups is 2. The van der Waals surface area contributed by atoms with Gasteiger partial charge >= 0.3 is 0 Å². The smallest absolute Gasteiger partial charge is 0.266 e. The molecule has 0 saturated carbocycles. The molecule has 20 heteroatoms. The van der Waals surface area contributed by atoms with Gasteiger partial charge in [0.15, 0.2) is 9.49 Å². The van der Waals surface area contributed by atoms with Crippen LogP contribution in [-0.2, 0) is 39.1 Å². The molecular weight excluding hydrogens is 833 g/mol. The van der Waals surface area contributed by atoms with Crippen LogP contribution in [0.4, 0.5) is 0 Å². The average Bonchev–Trinajstić information content (AvgIpc) is 3.25. The van der Waals surface area contributed by atoms with Crippen molar-refractivity contribution in [3.8, 4) is 11.5 Å². The predicted molar refractivity (Wildman–Crippen MR) is 224 cm³/mol. The standard InChI is InChI=1S/C20H32N2O7S2.C18H28N2O5S2/c1-27-14-10-20(11-15-28-2,19(23)21-24)31(25,26)22-12-8-17(9-13-22)29-16-4-6-18(30-3)7-5-16;1-4-18(5-2,17(21)19-22)27(23,24)20-12-10-15(11-13-20)25-14-6-8-16(26-3)9-7-14/h4-7,17,24H,8-15H2,1-3H3,(H,21,23);6-9,15,22H,4-5,10-13H2,1-3H3,(H,19,21). The van der Waals surface area contributed by atoms with E-state index in [1.54, 1.807) is 37.4 Å². The second-order valence-electron chi connectivity index (χ2n) is 13.9. The maximum atomic E-state index is 13.6. The monoisotopic (exact) mass is 892 g/mol. The van der Waals surface area contributed by atoms with E-state index in [9.17, 15) is 31.6 Å². The third kappa shape index (κ3) is 11.8. The van der Waals surface area contributed by atoms with Crippen molar-refractivity contribution in [2.75, 3.05) is 66.1 Å². The van der Waals surface area contributed by atoms with Crippen molar-refractivity contribution in [2.45, 2.75) is 96.7 Å². The highest BCUT2D eigenvalue weighted by molar-refractivity contribution is 7.98. The number of ether oxygens (including phenoxy) is 4. The van der Waals surface area contributed by atoms with E-state index in [-0.39, 0.29) is 77.3 Å². The number of piperidine rings is 2. The van der Waals surface area contributed by atoms with Gasteiger partial charge in [0.1, 0.15) is 23.7 Å². The molecule has 2 saturated heterocycles. The third-order valence-corrected chi connectivity index (χ3v) is 17.7. The second kappa shape index (κ2) is 23.4. The van der Waals surface area contributed by atoms with Crippen molar-refractivity contribution in [1.29, 1.82) is 0 Å². The Morgan fingerprint density at radius 1 is 0.655 bits per heavy atom. The van der Waals surface area contributed by atoms with Crippen LogP contribution >= 0.6 is 23.5 Å². The molecule has 328 valence electrons. The van der Waals surface area contributed by atoms with Crippen LogP contribution in [0.25, 0.3) is 0 Å². The summed E-state index contributed by atoms with van der Waals surface area (Å²) in [6.45, 7) is 4.39. The van der Waals surface area contributed by atoms with E-state index in [1.807, 2.05) is 61.0 Å². The highest BCUT2D eigenvalue weighted by Gasteiger charge is 2.54. The summed E-state index contributed by atoms with van der Waals surface area (Å²) in [5.41, 5.74) is 3.07. The van der Waals surface area contributed by atoms with Crippen LogP contribution in [-0.4, -0.2) is 136 Å². The van der Waals surface area contributed by atoms with Gasteiger partial charge in [0.25, 0.3) is 11.8 Å². The average molecular weight is 893 g/mol. The fourth-order valence-corrected chi connectivity index (χ4v) is 12.2. The molecule has 16 nitrogen and oxygen atoms in total. The van der Waals surface area contributed by atoms with E-state index in [0.717, 1.165) is 21.3 Å². The third-order valence-electron chi connectivity index (χ3n) is 10.8. The Morgan fingerprint density at radius 2 is 0.983 bits per heavy atom. The number of nitrogens with one attached hydrogen (secondary N) is 2. The molecule has 4 N–H and O–H groups in total. The van der Waals surface area contributed by atoms with Gasteiger partial charge in [0.05, 0.1) is 0 Å². The first kappa shape index (κ1) is 49.7. The van der Waals surface area contributed by atoms with Crippen molar-refractivity contribution < 1.29 is 55.8 Å². The molecule has 2 amide bonds. The van der Waals surface area contributed by atoms with Crippen molar-refractivity contribution >= 4 is 55.4 Å². The molecule has 2 aliphatic heterocycles. The molecular formula is C38H60N4O12S4. The van der Waals surface area contributed by atoms with Crippen LogP contribution in [0.2, 0.25) is 0 Å². The van der Waals surface area contributed by atoms with Gasteiger partial charge in [0.2, 0.25) is 20.0 Å². The maximum Gasteiger partial charge on any atom is 0.266 e. The topological polar surface area (TPSA) is 210 Å². The van der Waals surface area contributed by atoms with E-state index in [2.05, 4.69) is 0 Å². The summed E-state index contributed by atoms with van der Waals surface area (Å²) in [6.07, 6.45) is 5.90. The highest BCUT2D eigenvalue weighted by atomic mass is 32.2. The molecule has 0 unspecified atom stereocenters. The first-order valence-corrected chi connectivity index (χ1v) is 24.5. The molecule has 0 spiro atoms. The quantitative estimate of drug-likeness (QED) is 0.0818. The Kier molecular flexibility index (Phi) is 20.0. The Bertz CT molecular complexity index is 1770. The molecule has 2 aromatic rings. The van der Waals surface area contributed by atoms with E-state index >= 15 is 0 Å². The minimum Gasteiger partial charge on any atom is -0.490 e. The molecule has 4 rings (SSSR count). The first-order valence-electron chi connectivity index (χ1n) is 19.2. The van der Waals surface area contributed by atoms with Gasteiger partial charge in [-0.15, -0.1) is 23.5 Å². The molecule has 58 heavy (non-hydrogen) atoms. The molecule has 2 heterocycles. The molecule has 0 radical (unpaired) electrons. The summed E-state index contributed by atoms with van der Waals surface area (Å²) in [7, 11) is -5.14. The minimum atomic E-state index is -4.10. The number of hydrogen-bond donors (Lipinski definition) is 4. The molecule has 0 bridgehead atoms. The van der Waals surface area contributed by atoms with Crippen molar-refractivity contribution in [1.82, 2.24) is 19.6 Å². The van der Waals surface area contributed by atoms with Gasteiger partial charge < -0.3 is 18.9 Å². The van der Waals surface area contributed by atoms with Crippen molar-refractivity contribution in [2.24, 2.45) is 0 Å². The fraction of sp³-hybridized carbons (Fsp3) is 0.632. The summed E-state index contributed by atoms with van der Waals surface area (Å²) < 4.78 is 74.6. The molecule has 2 aliphatic rings. The van der Waals surface area contributed by atoms with Crippen molar-refractivity contribution in [3.05, 3.63) is 48.5 Å². The van der Waals surface area contributed by atoms with Crippen LogP contribution in [0.15, 0.2) is 58.3 Å². The zero-order chi connectivity index (χ0) is 43.0. The normalized spacial score (nSPS) is 16.6. The Hall–Kier alpha value is -2.66. The SMILES string of the molecule is CCC(CC)(C(=O)NO)S(=O)(=O)N1CCC(Oc2ccc(SC)cc2)CC1.COCCC(CCOC)(C(=O)NO)S(=O)(=O)N1CCC(Oc2ccc(SC)cc2)CC1. The molecule has 2 aromatic carbocycles. The van der Waals surface area contributed by atoms with Gasteiger partial charge in [-0.1, -0.05) is 13.8 Å². The molecule has 0 atom stereocenters. The van der Waals surface area contributed by atoms with Crippen LogP contribution in [0, 0.1) is 0 Å². The predicted octanol–water partition coefficient (Wildman–Crippen LogP) is 4.54. The Labute approximate surface area is 352 Å². The van der Waals surface area contributed by atoms with Crippen LogP contribution in [0.1, 0.15) is 65.2 Å². The van der Waals surface area contributed by atoms with Gasteiger partial charge in [-0.2, -0.15) is 0 Å². The van der Waals surface area contributed by atoms with Crippen LogP contribution in [0.5, 0.6) is 11.5 Å². The maximum absolute atomic E-state index is 13.6. The number of thioether (sulfide) groups is 2. The lowest BCUT2D eigenvalue weighted by Gasteiger charge is -2.39. The largest absolute Gasteiger partial charge is 0.490 e. The number of nitrogens with zero attached hydrogens (tertiary/aromatic N) is 2. The number of benzene rings is 2. The summed E-state index contributed by atoms with van der Waals surface area (Å²) in [5.74, 6) is -0.341. The highest BCUT2D eigenvalue weighted by Crippen LogP contribution is 2.34. The number of hydrogen-bond acceptors (Lipinski definition) is 14. The van der Waals surface area contributed by atoms with Gasteiger partial charge in [-0.25, -0.2) is 36.4 Å². The number of rotatable bonds is 20. The van der Waals surface area contributed by atoms with E-state index < -0.39 is 41.4 Å². The number of carbonyl (C=O) groups is 2. The van der Waals surface area contributed by atoms with Crippen LogP contribution in [0.3, 0.4) is 0 Å². The van der Waals surface area contributed by atoms with E-state index in [1.165, 1.54) is 33.8 Å². The van der Waals surface area contributed by atoms with Crippen molar-refractivity contribution in [3.63, 3.8) is 0 Å².